The minimum Gasteiger partial charge on any atom is -0.480 e. The van der Waals surface area contributed by atoms with Gasteiger partial charge in [0.15, 0.2) is 6.04 Å². The molecule has 0 aromatic heterocycles. The first-order valence-corrected chi connectivity index (χ1v) is 10.9. The van der Waals surface area contributed by atoms with Gasteiger partial charge in [-0.25, -0.2) is 4.79 Å². The van der Waals surface area contributed by atoms with Crippen LogP contribution in [0.25, 0.3) is 0 Å². The van der Waals surface area contributed by atoms with Crippen LogP contribution in [0.15, 0.2) is 30.3 Å². The maximum Gasteiger partial charge on any atom is 0.328 e. The number of hydrogen-bond donors (Lipinski definition) is 7. The third-order valence-electron chi connectivity index (χ3n) is 5.01. The van der Waals surface area contributed by atoms with Crippen LogP contribution in [0, 0.1) is 0 Å². The molecule has 1 aromatic carbocycles. The Labute approximate surface area is 193 Å². The molecule has 11 nitrogen and oxygen atoms in total. The van der Waals surface area contributed by atoms with E-state index in [2.05, 4.69) is 16.0 Å². The fourth-order valence-corrected chi connectivity index (χ4v) is 3.05. The van der Waals surface area contributed by atoms with Crippen molar-refractivity contribution >= 4 is 23.7 Å². The number of carbonyl (C=O) groups excluding carboxylic acids is 3. The van der Waals surface area contributed by atoms with Gasteiger partial charge in [-0.05, 0) is 51.6 Å². The number of nitrogens with two attached hydrogens (primary N) is 2. The molecule has 0 aliphatic heterocycles. The van der Waals surface area contributed by atoms with Gasteiger partial charge in [0.2, 0.25) is 17.7 Å². The van der Waals surface area contributed by atoms with Crippen LogP contribution < -0.4 is 27.4 Å². The van der Waals surface area contributed by atoms with Crippen LogP contribution in [0.4, 0.5) is 0 Å². The van der Waals surface area contributed by atoms with Gasteiger partial charge in [0.25, 0.3) is 0 Å². The molecule has 3 amide bonds. The Balaban J connectivity index is 2.74. The van der Waals surface area contributed by atoms with E-state index in [9.17, 15) is 29.4 Å². The first-order valence-electron chi connectivity index (χ1n) is 10.9. The van der Waals surface area contributed by atoms with Gasteiger partial charge in [0.1, 0.15) is 12.1 Å². The van der Waals surface area contributed by atoms with E-state index < -0.39 is 54.0 Å². The Morgan fingerprint density at radius 1 is 0.939 bits per heavy atom. The van der Waals surface area contributed by atoms with Gasteiger partial charge in [-0.3, -0.25) is 14.4 Å². The Morgan fingerprint density at radius 3 is 2.12 bits per heavy atom. The van der Waals surface area contributed by atoms with Crippen molar-refractivity contribution in [3.63, 3.8) is 0 Å². The van der Waals surface area contributed by atoms with Crippen LogP contribution in [0.3, 0.4) is 0 Å². The predicted molar refractivity (Wildman–Crippen MR) is 122 cm³/mol. The highest BCUT2D eigenvalue weighted by atomic mass is 16.4. The number of hydrogen-bond acceptors (Lipinski definition) is 7. The fourth-order valence-electron chi connectivity index (χ4n) is 3.05. The van der Waals surface area contributed by atoms with Crippen molar-refractivity contribution in [3.05, 3.63) is 35.9 Å². The lowest BCUT2D eigenvalue weighted by atomic mass is 10.1. The van der Waals surface area contributed by atoms with E-state index in [4.69, 9.17) is 11.5 Å². The highest BCUT2D eigenvalue weighted by Crippen LogP contribution is 2.05. The molecule has 0 saturated heterocycles. The number of benzene rings is 1. The van der Waals surface area contributed by atoms with E-state index in [0.717, 1.165) is 5.56 Å². The molecule has 0 fully saturated rings. The second kappa shape index (κ2) is 14.2. The molecule has 0 aliphatic rings. The van der Waals surface area contributed by atoms with Gasteiger partial charge in [-0.2, -0.15) is 0 Å². The van der Waals surface area contributed by atoms with Crippen LogP contribution >= 0.6 is 0 Å². The molecule has 1 aromatic rings. The van der Waals surface area contributed by atoms with Gasteiger partial charge in [-0.1, -0.05) is 30.3 Å². The van der Waals surface area contributed by atoms with Crippen LogP contribution in [0.1, 0.15) is 38.7 Å². The average molecular weight is 466 g/mol. The lowest BCUT2D eigenvalue weighted by Crippen LogP contribution is -2.57. The summed E-state index contributed by atoms with van der Waals surface area (Å²) in [5.41, 5.74) is 12.3. The number of carboxylic acids is 1. The minimum atomic E-state index is -1.53. The average Bonchev–Trinajstić information content (AvgIpc) is 2.76. The third kappa shape index (κ3) is 9.98. The van der Waals surface area contributed by atoms with Crippen LogP contribution in [0.2, 0.25) is 0 Å². The minimum absolute atomic E-state index is 0.203. The van der Waals surface area contributed by atoms with Crippen LogP contribution in [-0.4, -0.2) is 70.7 Å². The molecular formula is C22H35N5O6. The summed E-state index contributed by atoms with van der Waals surface area (Å²) >= 11 is 0. The quantitative estimate of drug-likeness (QED) is 0.163. The smallest absolute Gasteiger partial charge is 0.328 e. The monoisotopic (exact) mass is 465 g/mol. The number of unbranched alkanes of at least 4 members (excludes halogenated alkanes) is 1. The molecule has 0 bridgehead atoms. The highest BCUT2D eigenvalue weighted by Gasteiger charge is 2.30. The molecule has 11 heteroatoms. The third-order valence-corrected chi connectivity index (χ3v) is 5.01. The molecule has 0 radical (unpaired) electrons. The zero-order valence-electron chi connectivity index (χ0n) is 19.0. The Bertz CT molecular complexity index is 789. The zero-order valence-corrected chi connectivity index (χ0v) is 19.0. The van der Waals surface area contributed by atoms with Crippen molar-refractivity contribution in [1.29, 1.82) is 0 Å². The number of aliphatic hydroxyl groups excluding tert-OH is 1. The highest BCUT2D eigenvalue weighted by molar-refractivity contribution is 5.94. The van der Waals surface area contributed by atoms with Gasteiger partial charge in [0, 0.05) is 0 Å². The van der Waals surface area contributed by atoms with Crippen LogP contribution in [-0.2, 0) is 25.6 Å². The molecule has 0 spiro atoms. The molecule has 1 rings (SSSR count). The van der Waals surface area contributed by atoms with E-state index in [-0.39, 0.29) is 6.42 Å². The largest absolute Gasteiger partial charge is 0.480 e. The summed E-state index contributed by atoms with van der Waals surface area (Å²) in [5.74, 6) is -3.32. The van der Waals surface area contributed by atoms with Crippen molar-refractivity contribution in [2.75, 3.05) is 6.54 Å². The van der Waals surface area contributed by atoms with Crippen molar-refractivity contribution in [2.45, 2.75) is 69.8 Å². The van der Waals surface area contributed by atoms with Crippen molar-refractivity contribution in [2.24, 2.45) is 11.5 Å². The summed E-state index contributed by atoms with van der Waals surface area (Å²) in [6, 6.07) is 4.74. The number of nitrogens with one attached hydrogen (secondary N) is 3. The number of rotatable bonds is 14. The molecule has 5 atom stereocenters. The Hall–Kier alpha value is -3.02. The standard InChI is InChI=1S/C22H35N5O6/c1-13(25-20(30)16(24)12-15-8-4-3-5-9-15)19(29)26-17(10-6-7-11-23)21(31)27-18(14(2)28)22(32)33/h3-5,8-9,13-14,16-18,28H,6-7,10-12,23-24H2,1-2H3,(H,25,30)(H,26,29)(H,27,31)(H,32,33). The fraction of sp³-hybridized carbons (Fsp3) is 0.545. The van der Waals surface area contributed by atoms with E-state index in [1.165, 1.54) is 13.8 Å². The normalized spacial score (nSPS) is 15.4. The number of carboxylic acid groups (broad SMARTS) is 1. The molecule has 0 aliphatic carbocycles. The molecule has 0 heterocycles. The topological polar surface area (TPSA) is 197 Å². The summed E-state index contributed by atoms with van der Waals surface area (Å²) in [7, 11) is 0. The molecular weight excluding hydrogens is 430 g/mol. The molecule has 9 N–H and O–H groups in total. The summed E-state index contributed by atoms with van der Waals surface area (Å²) < 4.78 is 0. The van der Waals surface area contributed by atoms with E-state index in [1.807, 2.05) is 30.3 Å². The van der Waals surface area contributed by atoms with Crippen molar-refractivity contribution < 1.29 is 29.4 Å². The van der Waals surface area contributed by atoms with Gasteiger partial charge < -0.3 is 37.6 Å². The van der Waals surface area contributed by atoms with Gasteiger partial charge in [0.05, 0.1) is 12.1 Å². The summed E-state index contributed by atoms with van der Waals surface area (Å²) in [4.78, 5) is 48.9. The van der Waals surface area contributed by atoms with Gasteiger partial charge in [-0.15, -0.1) is 0 Å². The number of amides is 3. The van der Waals surface area contributed by atoms with E-state index in [1.54, 1.807) is 0 Å². The predicted octanol–water partition coefficient (Wildman–Crippen LogP) is -1.37. The summed E-state index contributed by atoms with van der Waals surface area (Å²) in [6.07, 6.45) is 0.260. The second-order valence-electron chi connectivity index (χ2n) is 7.94. The lowest BCUT2D eigenvalue weighted by Gasteiger charge is -2.24. The summed E-state index contributed by atoms with van der Waals surface area (Å²) in [5, 5.41) is 26.1. The van der Waals surface area contributed by atoms with Crippen molar-refractivity contribution in [3.8, 4) is 0 Å². The number of aliphatic carboxylic acids is 1. The molecule has 0 saturated carbocycles. The molecule has 33 heavy (non-hydrogen) atoms. The molecule has 184 valence electrons. The number of aliphatic hydroxyl groups is 1. The SMILES string of the molecule is CC(NC(=O)C(N)Cc1ccccc1)C(=O)NC(CCCCN)C(=O)NC(C(=O)O)C(C)O. The number of carbonyl (C=O) groups is 4. The maximum absolute atomic E-state index is 12.6. The van der Waals surface area contributed by atoms with E-state index >= 15 is 0 Å². The lowest BCUT2D eigenvalue weighted by molar-refractivity contribution is -0.145. The van der Waals surface area contributed by atoms with Crippen molar-refractivity contribution in [1.82, 2.24) is 16.0 Å². The Morgan fingerprint density at radius 2 is 1.58 bits per heavy atom. The first kappa shape index (κ1) is 28.0. The maximum atomic E-state index is 12.6. The molecule has 5 unspecified atom stereocenters. The first-order chi connectivity index (χ1) is 15.6. The zero-order chi connectivity index (χ0) is 25.0. The Kier molecular flexibility index (Phi) is 12.0. The summed E-state index contributed by atoms with van der Waals surface area (Å²) in [6.45, 7) is 3.07. The second-order valence-corrected chi connectivity index (χ2v) is 7.94. The van der Waals surface area contributed by atoms with Gasteiger partial charge >= 0.3 is 5.97 Å². The van der Waals surface area contributed by atoms with Crippen LogP contribution in [0.5, 0.6) is 0 Å². The van der Waals surface area contributed by atoms with E-state index in [0.29, 0.717) is 25.8 Å².